The molecule has 8 heteroatoms. The minimum atomic E-state index is -4.57. The van der Waals surface area contributed by atoms with Crippen LogP contribution in [0.1, 0.15) is 33.1 Å². The molecular weight excluding hydrogens is 405 g/mol. The zero-order valence-corrected chi connectivity index (χ0v) is 18.0. The van der Waals surface area contributed by atoms with Crippen molar-refractivity contribution in [2.75, 3.05) is 26.2 Å². The quantitative estimate of drug-likeness (QED) is 0.510. The molecule has 170 valence electrons. The molecule has 0 saturated carbocycles. The highest BCUT2D eigenvalue weighted by molar-refractivity contribution is 6.12. The first-order valence-corrected chi connectivity index (χ1v) is 10.5. The Labute approximate surface area is 181 Å². The Bertz CT molecular complexity index is 819. The van der Waals surface area contributed by atoms with E-state index in [0.29, 0.717) is 0 Å². The third-order valence-corrected chi connectivity index (χ3v) is 4.73. The zero-order chi connectivity index (χ0) is 22.7. The summed E-state index contributed by atoms with van der Waals surface area (Å²) in [5, 5.41) is 18.5. The number of aliphatic hydroxyl groups is 1. The first kappa shape index (κ1) is 24.5. The molecule has 0 aromatic carbocycles. The van der Waals surface area contributed by atoms with Crippen molar-refractivity contribution in [2.45, 2.75) is 39.3 Å². The van der Waals surface area contributed by atoms with E-state index in [0.717, 1.165) is 23.3 Å². The van der Waals surface area contributed by atoms with Crippen LogP contribution in [0.15, 0.2) is 75.9 Å². The van der Waals surface area contributed by atoms with Crippen LogP contribution in [-0.4, -0.2) is 43.2 Å². The van der Waals surface area contributed by atoms with Gasteiger partial charge in [-0.1, -0.05) is 31.2 Å². The van der Waals surface area contributed by atoms with Gasteiger partial charge in [-0.25, -0.2) is 0 Å². The van der Waals surface area contributed by atoms with E-state index in [1.54, 1.807) is 6.20 Å². The molecule has 4 N–H and O–H groups in total. The van der Waals surface area contributed by atoms with Crippen LogP contribution >= 0.6 is 0 Å². The maximum Gasteiger partial charge on any atom is 0.418 e. The number of hydrogen-bond donors (Lipinski definition) is 4. The molecular formula is C23H31F3N4O. The third kappa shape index (κ3) is 7.79. The Balaban J connectivity index is 0.000000597. The standard InChI is InChI=1S/C19H22F3N3O.C4H9N/c1-3-5-14-7-6-13(9-16(14)24-8-4-2)10-25-17-12-23-11-15(18(17)26)19(20,21)22;1-2-4-5-3-1/h4-9,12,23,25-26H,3,10-11H2,1-2H3;5H,1-4H2/b8-4-,14-5+,24-16+;. The molecule has 1 aliphatic carbocycles. The first-order chi connectivity index (χ1) is 14.9. The summed E-state index contributed by atoms with van der Waals surface area (Å²) >= 11 is 0. The van der Waals surface area contributed by atoms with Gasteiger partial charge in [0.1, 0.15) is 5.76 Å². The van der Waals surface area contributed by atoms with Crippen molar-refractivity contribution < 1.29 is 18.3 Å². The molecule has 0 bridgehead atoms. The lowest BCUT2D eigenvalue weighted by molar-refractivity contribution is -0.0956. The number of hydrogen-bond acceptors (Lipinski definition) is 5. The van der Waals surface area contributed by atoms with Crippen LogP contribution in [0.5, 0.6) is 0 Å². The van der Waals surface area contributed by atoms with Gasteiger partial charge in [0.2, 0.25) is 0 Å². The van der Waals surface area contributed by atoms with Crippen LogP contribution in [-0.2, 0) is 0 Å². The van der Waals surface area contributed by atoms with Gasteiger partial charge in [0.25, 0.3) is 0 Å². The molecule has 3 aliphatic rings. The summed E-state index contributed by atoms with van der Waals surface area (Å²) in [6.07, 6.45) is 11.7. The van der Waals surface area contributed by atoms with Crippen molar-refractivity contribution in [3.63, 3.8) is 0 Å². The van der Waals surface area contributed by atoms with Crippen LogP contribution in [0.25, 0.3) is 0 Å². The highest BCUT2D eigenvalue weighted by Gasteiger charge is 2.38. The van der Waals surface area contributed by atoms with Crippen molar-refractivity contribution in [1.29, 1.82) is 0 Å². The minimum absolute atomic E-state index is 0.0136. The molecule has 2 heterocycles. The van der Waals surface area contributed by atoms with E-state index < -0.39 is 24.1 Å². The minimum Gasteiger partial charge on any atom is -0.505 e. The molecule has 2 aliphatic heterocycles. The lowest BCUT2D eigenvalue weighted by atomic mass is 9.99. The summed E-state index contributed by atoms with van der Waals surface area (Å²) in [6, 6.07) is 0. The van der Waals surface area contributed by atoms with Crippen LogP contribution in [0.3, 0.4) is 0 Å². The molecule has 1 saturated heterocycles. The van der Waals surface area contributed by atoms with E-state index in [-0.39, 0.29) is 12.2 Å². The average Bonchev–Trinajstić information content (AvgIpc) is 3.32. The number of nitrogens with one attached hydrogen (secondary N) is 3. The second-order valence-electron chi connectivity index (χ2n) is 7.19. The van der Waals surface area contributed by atoms with Crippen molar-refractivity contribution in [3.8, 4) is 0 Å². The number of halogens is 3. The molecule has 5 nitrogen and oxygen atoms in total. The van der Waals surface area contributed by atoms with Gasteiger partial charge in [-0.3, -0.25) is 4.99 Å². The van der Waals surface area contributed by atoms with Crippen molar-refractivity contribution in [2.24, 2.45) is 4.99 Å². The number of aliphatic imine (C=N–C) groups is 1. The van der Waals surface area contributed by atoms with Gasteiger partial charge < -0.3 is 21.1 Å². The van der Waals surface area contributed by atoms with Crippen molar-refractivity contribution >= 4 is 5.71 Å². The first-order valence-electron chi connectivity index (χ1n) is 10.5. The Morgan fingerprint density at radius 3 is 2.55 bits per heavy atom. The Kier molecular flexibility index (Phi) is 9.65. The molecule has 0 unspecified atom stereocenters. The van der Waals surface area contributed by atoms with Gasteiger partial charge in [0, 0.05) is 25.5 Å². The normalized spacial score (nSPS) is 21.7. The number of allylic oxidation sites excluding steroid dienone is 5. The van der Waals surface area contributed by atoms with E-state index in [4.69, 9.17) is 0 Å². The highest BCUT2D eigenvalue weighted by atomic mass is 19.4. The predicted octanol–water partition coefficient (Wildman–Crippen LogP) is 4.57. The molecule has 0 radical (unpaired) electrons. The summed E-state index contributed by atoms with van der Waals surface area (Å²) in [4.78, 5) is 4.38. The largest absolute Gasteiger partial charge is 0.505 e. The van der Waals surface area contributed by atoms with Gasteiger partial charge in [-0.15, -0.1) is 0 Å². The smallest absolute Gasteiger partial charge is 0.418 e. The number of dihydropyridines is 1. The predicted molar refractivity (Wildman–Crippen MR) is 120 cm³/mol. The van der Waals surface area contributed by atoms with Gasteiger partial charge in [0.15, 0.2) is 0 Å². The summed E-state index contributed by atoms with van der Waals surface area (Å²) < 4.78 is 38.6. The van der Waals surface area contributed by atoms with Crippen LogP contribution in [0, 0.1) is 0 Å². The van der Waals surface area contributed by atoms with Crippen molar-refractivity contribution in [3.05, 3.63) is 71.0 Å². The van der Waals surface area contributed by atoms with Gasteiger partial charge in [0.05, 0.1) is 17.0 Å². The highest BCUT2D eigenvalue weighted by Crippen LogP contribution is 2.30. The molecule has 0 spiro atoms. The van der Waals surface area contributed by atoms with Crippen LogP contribution in [0.2, 0.25) is 0 Å². The molecule has 0 amide bonds. The monoisotopic (exact) mass is 436 g/mol. The summed E-state index contributed by atoms with van der Waals surface area (Å²) in [5.74, 6) is -0.772. The second-order valence-corrected chi connectivity index (χ2v) is 7.19. The number of nitrogens with zero attached hydrogens (tertiary/aromatic N) is 1. The van der Waals surface area contributed by atoms with Gasteiger partial charge in [-0.05, 0) is 56.5 Å². The van der Waals surface area contributed by atoms with E-state index in [9.17, 15) is 18.3 Å². The second kappa shape index (κ2) is 12.2. The lowest BCUT2D eigenvalue weighted by Gasteiger charge is -2.22. The molecule has 3 rings (SSSR count). The lowest BCUT2D eigenvalue weighted by Crippen LogP contribution is -2.32. The Morgan fingerprint density at radius 1 is 1.23 bits per heavy atom. The molecule has 0 atom stereocenters. The Morgan fingerprint density at radius 2 is 1.97 bits per heavy atom. The zero-order valence-electron chi connectivity index (χ0n) is 18.0. The SMILES string of the molecule is C1CCNC1.C\C=C/N=C1\C=C(CNC2=CNCC(C(F)(F)F)=C2O)C=C\C1=C/CC. The number of rotatable bonds is 5. The molecule has 0 aromatic heterocycles. The van der Waals surface area contributed by atoms with Crippen molar-refractivity contribution in [1.82, 2.24) is 16.0 Å². The number of aliphatic hydroxyl groups excluding tert-OH is 1. The number of alkyl halides is 3. The summed E-state index contributed by atoms with van der Waals surface area (Å²) in [7, 11) is 0. The van der Waals surface area contributed by atoms with E-state index in [1.807, 2.05) is 38.2 Å². The molecule has 31 heavy (non-hydrogen) atoms. The average molecular weight is 437 g/mol. The molecule has 0 aromatic rings. The third-order valence-electron chi connectivity index (χ3n) is 4.73. The fourth-order valence-electron chi connectivity index (χ4n) is 3.12. The Hall–Kier alpha value is -2.74. The van der Waals surface area contributed by atoms with Gasteiger partial charge in [-0.2, -0.15) is 13.2 Å². The van der Waals surface area contributed by atoms with E-state index in [2.05, 4.69) is 27.0 Å². The van der Waals surface area contributed by atoms with Crippen LogP contribution < -0.4 is 16.0 Å². The summed E-state index contributed by atoms with van der Waals surface area (Å²) in [6.45, 7) is 6.21. The molecule has 1 fully saturated rings. The fraction of sp³-hybridized carbons (Fsp3) is 0.435. The maximum atomic E-state index is 12.9. The maximum absolute atomic E-state index is 12.9. The topological polar surface area (TPSA) is 68.7 Å². The van der Waals surface area contributed by atoms with Crippen LogP contribution in [0.4, 0.5) is 13.2 Å². The summed E-state index contributed by atoms with van der Waals surface area (Å²) in [5.41, 5.74) is 1.65. The van der Waals surface area contributed by atoms with E-state index >= 15 is 0 Å². The van der Waals surface area contributed by atoms with Gasteiger partial charge >= 0.3 is 6.18 Å². The van der Waals surface area contributed by atoms with E-state index in [1.165, 1.54) is 32.1 Å². The fourth-order valence-corrected chi connectivity index (χ4v) is 3.12.